The van der Waals surface area contributed by atoms with E-state index in [1.165, 1.54) is 22.3 Å². The van der Waals surface area contributed by atoms with E-state index < -0.39 is 0 Å². The van der Waals surface area contributed by atoms with E-state index in [1.807, 2.05) is 6.92 Å². The molecular weight excluding hydrogens is 220 g/mol. The Labute approximate surface area is 112 Å². The predicted molar refractivity (Wildman–Crippen MR) is 79.7 cm³/mol. The van der Waals surface area contributed by atoms with Crippen LogP contribution in [0.25, 0.3) is 0 Å². The van der Waals surface area contributed by atoms with E-state index in [2.05, 4.69) is 52.8 Å². The molecule has 0 heterocycles. The molecule has 0 fully saturated rings. The number of ether oxygens (including phenoxy) is 1. The summed E-state index contributed by atoms with van der Waals surface area (Å²) in [6, 6.07) is 2.19. The van der Waals surface area contributed by atoms with E-state index in [1.54, 1.807) is 0 Å². The molecule has 0 aliphatic carbocycles. The van der Waals surface area contributed by atoms with Crippen LogP contribution in [0.15, 0.2) is 18.2 Å². The SMILES string of the molecule is C/C=C\CC(C)c1c(C)cc(OCC)c(C)c1C. The smallest absolute Gasteiger partial charge is 0.122 e. The van der Waals surface area contributed by atoms with Gasteiger partial charge in [0.1, 0.15) is 5.75 Å². The molecule has 1 heteroatoms. The van der Waals surface area contributed by atoms with E-state index >= 15 is 0 Å². The zero-order valence-electron chi connectivity index (χ0n) is 12.6. The Morgan fingerprint density at radius 3 is 2.44 bits per heavy atom. The number of benzene rings is 1. The highest BCUT2D eigenvalue weighted by molar-refractivity contribution is 5.49. The molecule has 1 atom stereocenters. The lowest BCUT2D eigenvalue weighted by molar-refractivity contribution is 0.337. The Balaban J connectivity index is 3.17. The Bertz CT molecular complexity index is 430. The van der Waals surface area contributed by atoms with Crippen molar-refractivity contribution in [2.45, 2.75) is 53.9 Å². The van der Waals surface area contributed by atoms with Crippen molar-refractivity contribution in [3.05, 3.63) is 40.5 Å². The van der Waals surface area contributed by atoms with Crippen molar-refractivity contribution < 1.29 is 4.74 Å². The van der Waals surface area contributed by atoms with Crippen LogP contribution in [0.4, 0.5) is 0 Å². The first-order chi connectivity index (χ1) is 8.52. The van der Waals surface area contributed by atoms with Crippen LogP contribution < -0.4 is 4.74 Å². The molecule has 100 valence electrons. The van der Waals surface area contributed by atoms with Gasteiger partial charge in [-0.15, -0.1) is 0 Å². The summed E-state index contributed by atoms with van der Waals surface area (Å²) >= 11 is 0. The maximum absolute atomic E-state index is 5.70. The summed E-state index contributed by atoms with van der Waals surface area (Å²) in [5, 5.41) is 0. The van der Waals surface area contributed by atoms with Crippen LogP contribution in [0.3, 0.4) is 0 Å². The van der Waals surface area contributed by atoms with E-state index in [4.69, 9.17) is 4.74 Å². The van der Waals surface area contributed by atoms with Crippen molar-refractivity contribution in [1.82, 2.24) is 0 Å². The summed E-state index contributed by atoms with van der Waals surface area (Å²) in [6.07, 6.45) is 5.48. The first kappa shape index (κ1) is 14.8. The highest BCUT2D eigenvalue weighted by atomic mass is 16.5. The zero-order chi connectivity index (χ0) is 13.7. The van der Waals surface area contributed by atoms with E-state index in [0.717, 1.165) is 18.8 Å². The van der Waals surface area contributed by atoms with Crippen molar-refractivity contribution in [2.24, 2.45) is 0 Å². The summed E-state index contributed by atoms with van der Waals surface area (Å²) in [5.74, 6) is 1.60. The number of rotatable bonds is 5. The molecule has 1 aromatic rings. The summed E-state index contributed by atoms with van der Waals surface area (Å²) in [4.78, 5) is 0. The number of allylic oxidation sites excluding steroid dienone is 2. The summed E-state index contributed by atoms with van der Waals surface area (Å²) in [5.41, 5.74) is 5.49. The third kappa shape index (κ3) is 3.16. The minimum absolute atomic E-state index is 0.565. The lowest BCUT2D eigenvalue weighted by atomic mass is 9.87. The van der Waals surface area contributed by atoms with Crippen LogP contribution >= 0.6 is 0 Å². The van der Waals surface area contributed by atoms with Crippen LogP contribution in [-0.2, 0) is 0 Å². The first-order valence-corrected chi connectivity index (χ1v) is 6.87. The monoisotopic (exact) mass is 246 g/mol. The van der Waals surface area contributed by atoms with E-state index in [9.17, 15) is 0 Å². The molecule has 1 aromatic carbocycles. The maximum Gasteiger partial charge on any atom is 0.122 e. The Morgan fingerprint density at radius 2 is 1.89 bits per heavy atom. The maximum atomic E-state index is 5.70. The minimum Gasteiger partial charge on any atom is -0.494 e. The van der Waals surface area contributed by atoms with E-state index in [0.29, 0.717) is 5.92 Å². The molecule has 1 unspecified atom stereocenters. The fraction of sp³-hybridized carbons (Fsp3) is 0.529. The topological polar surface area (TPSA) is 9.23 Å². The van der Waals surface area contributed by atoms with Crippen molar-refractivity contribution >= 4 is 0 Å². The van der Waals surface area contributed by atoms with Gasteiger partial charge in [0.05, 0.1) is 6.61 Å². The Kier molecular flexibility index (Phi) is 5.46. The van der Waals surface area contributed by atoms with Gasteiger partial charge >= 0.3 is 0 Å². The second kappa shape index (κ2) is 6.63. The van der Waals surface area contributed by atoms with Crippen LogP contribution in [-0.4, -0.2) is 6.61 Å². The number of hydrogen-bond donors (Lipinski definition) is 0. The molecule has 1 rings (SSSR count). The third-order valence-corrected chi connectivity index (χ3v) is 3.63. The average Bonchev–Trinajstić information content (AvgIpc) is 2.33. The molecular formula is C17H26O. The fourth-order valence-electron chi connectivity index (χ4n) is 2.59. The molecule has 18 heavy (non-hydrogen) atoms. The number of aryl methyl sites for hydroxylation is 1. The predicted octanol–water partition coefficient (Wildman–Crippen LogP) is 5.08. The molecule has 0 aromatic heterocycles. The minimum atomic E-state index is 0.565. The van der Waals surface area contributed by atoms with Crippen molar-refractivity contribution in [2.75, 3.05) is 6.61 Å². The summed E-state index contributed by atoms with van der Waals surface area (Å²) in [7, 11) is 0. The quantitative estimate of drug-likeness (QED) is 0.658. The average molecular weight is 246 g/mol. The lowest BCUT2D eigenvalue weighted by Crippen LogP contribution is -2.04. The molecule has 1 nitrogen and oxygen atoms in total. The van der Waals surface area contributed by atoms with Gasteiger partial charge in [0.25, 0.3) is 0 Å². The zero-order valence-corrected chi connectivity index (χ0v) is 12.6. The first-order valence-electron chi connectivity index (χ1n) is 6.87. The molecule has 0 saturated heterocycles. The molecule has 0 bridgehead atoms. The fourth-order valence-corrected chi connectivity index (χ4v) is 2.59. The molecule has 0 N–H and O–H groups in total. The van der Waals surface area contributed by atoms with Crippen LogP contribution in [0.5, 0.6) is 5.75 Å². The molecule has 0 spiro atoms. The third-order valence-electron chi connectivity index (χ3n) is 3.63. The van der Waals surface area contributed by atoms with Crippen molar-refractivity contribution in [3.8, 4) is 5.75 Å². The molecule has 0 radical (unpaired) electrons. The molecule has 0 aliphatic heterocycles. The van der Waals surface area contributed by atoms with Crippen molar-refractivity contribution in [1.29, 1.82) is 0 Å². The molecule has 0 saturated carbocycles. The van der Waals surface area contributed by atoms with Gasteiger partial charge in [-0.3, -0.25) is 0 Å². The number of hydrogen-bond acceptors (Lipinski definition) is 1. The summed E-state index contributed by atoms with van der Waals surface area (Å²) < 4.78 is 5.70. The van der Waals surface area contributed by atoms with Gasteiger partial charge in [0, 0.05) is 0 Å². The normalized spacial score (nSPS) is 13.0. The Morgan fingerprint density at radius 1 is 1.22 bits per heavy atom. The van der Waals surface area contributed by atoms with Gasteiger partial charge in [0.2, 0.25) is 0 Å². The van der Waals surface area contributed by atoms with Gasteiger partial charge in [-0.05, 0) is 75.3 Å². The van der Waals surface area contributed by atoms with Gasteiger partial charge < -0.3 is 4.74 Å². The molecule has 0 amide bonds. The second-order valence-corrected chi connectivity index (χ2v) is 4.99. The van der Waals surface area contributed by atoms with Crippen LogP contribution in [0.2, 0.25) is 0 Å². The summed E-state index contributed by atoms with van der Waals surface area (Å²) in [6.45, 7) is 13.7. The molecule has 0 aliphatic rings. The van der Waals surface area contributed by atoms with Gasteiger partial charge in [-0.1, -0.05) is 19.1 Å². The van der Waals surface area contributed by atoms with E-state index in [-0.39, 0.29) is 0 Å². The van der Waals surface area contributed by atoms with Gasteiger partial charge in [-0.25, -0.2) is 0 Å². The Hall–Kier alpha value is -1.24. The lowest BCUT2D eigenvalue weighted by Gasteiger charge is -2.20. The van der Waals surface area contributed by atoms with Crippen LogP contribution in [0.1, 0.15) is 55.4 Å². The highest BCUT2D eigenvalue weighted by Crippen LogP contribution is 2.33. The largest absolute Gasteiger partial charge is 0.494 e. The van der Waals surface area contributed by atoms with Gasteiger partial charge in [0.15, 0.2) is 0 Å². The highest BCUT2D eigenvalue weighted by Gasteiger charge is 2.15. The van der Waals surface area contributed by atoms with Crippen LogP contribution in [0, 0.1) is 20.8 Å². The van der Waals surface area contributed by atoms with Crippen molar-refractivity contribution in [3.63, 3.8) is 0 Å². The standard InChI is InChI=1S/C17H26O/c1-7-9-10-12(3)17-13(4)11-16(18-8-2)14(5)15(17)6/h7,9,11-12H,8,10H2,1-6H3/b9-7-. The second-order valence-electron chi connectivity index (χ2n) is 4.99. The van der Waals surface area contributed by atoms with Gasteiger partial charge in [-0.2, -0.15) is 0 Å².